The monoisotopic (exact) mass is 310 g/mol. The van der Waals surface area contributed by atoms with E-state index in [9.17, 15) is 9.59 Å². The molecule has 0 bridgehead atoms. The molecule has 5 heteroatoms. The van der Waals surface area contributed by atoms with Gasteiger partial charge >= 0.3 is 5.76 Å². The Kier molecular flexibility index (Phi) is 4.28. The van der Waals surface area contributed by atoms with Crippen LogP contribution in [0.4, 0.5) is 0 Å². The van der Waals surface area contributed by atoms with Crippen molar-refractivity contribution in [2.45, 2.75) is 19.8 Å². The van der Waals surface area contributed by atoms with Crippen LogP contribution in [-0.4, -0.2) is 17.4 Å². The average molecular weight is 310 g/mol. The minimum absolute atomic E-state index is 0.00777. The number of aryl methyl sites for hydroxylation is 1. The van der Waals surface area contributed by atoms with Crippen LogP contribution < -0.4 is 11.1 Å². The number of amides is 1. The Balaban J connectivity index is 1.53. The van der Waals surface area contributed by atoms with Gasteiger partial charge in [-0.05, 0) is 36.6 Å². The first kappa shape index (κ1) is 15.1. The molecule has 0 aliphatic heterocycles. The number of fused-ring (bicyclic) bond motifs is 1. The van der Waals surface area contributed by atoms with Gasteiger partial charge in [0.2, 0.25) is 5.91 Å². The molecule has 0 aliphatic carbocycles. The van der Waals surface area contributed by atoms with Gasteiger partial charge in [-0.1, -0.05) is 35.9 Å². The highest BCUT2D eigenvalue weighted by molar-refractivity contribution is 5.78. The second-order valence-electron chi connectivity index (χ2n) is 5.61. The number of aromatic amines is 1. The first-order chi connectivity index (χ1) is 11.1. The molecule has 0 spiro atoms. The molecule has 0 saturated heterocycles. The Hall–Kier alpha value is -2.82. The van der Waals surface area contributed by atoms with Crippen LogP contribution in [0.1, 0.15) is 16.7 Å². The number of benzene rings is 2. The van der Waals surface area contributed by atoms with Crippen LogP contribution in [0.2, 0.25) is 0 Å². The quantitative estimate of drug-likeness (QED) is 0.759. The molecule has 0 saturated carbocycles. The lowest BCUT2D eigenvalue weighted by Gasteiger charge is -2.06. The number of hydrogen-bond donors (Lipinski definition) is 2. The van der Waals surface area contributed by atoms with Gasteiger partial charge in [-0.2, -0.15) is 0 Å². The molecule has 1 aromatic heterocycles. The van der Waals surface area contributed by atoms with Crippen molar-refractivity contribution >= 4 is 17.0 Å². The SMILES string of the molecule is Cc1cccc(CC(=O)NCCc2ccc3oc(=O)[nH]c3c2)c1. The highest BCUT2D eigenvalue weighted by Crippen LogP contribution is 2.12. The van der Waals surface area contributed by atoms with Crippen molar-refractivity contribution in [1.29, 1.82) is 0 Å². The summed E-state index contributed by atoms with van der Waals surface area (Å²) in [7, 11) is 0. The van der Waals surface area contributed by atoms with E-state index in [2.05, 4.69) is 10.3 Å². The molecule has 0 atom stereocenters. The van der Waals surface area contributed by atoms with Crippen LogP contribution in [0.15, 0.2) is 51.7 Å². The zero-order valence-corrected chi connectivity index (χ0v) is 12.9. The summed E-state index contributed by atoms with van der Waals surface area (Å²) in [6, 6.07) is 13.5. The molecular formula is C18H18N2O3. The van der Waals surface area contributed by atoms with Gasteiger partial charge in [0.05, 0.1) is 11.9 Å². The smallest absolute Gasteiger partial charge is 0.408 e. The lowest BCUT2D eigenvalue weighted by Crippen LogP contribution is -2.27. The van der Waals surface area contributed by atoms with Gasteiger partial charge in [0, 0.05) is 6.54 Å². The first-order valence-electron chi connectivity index (χ1n) is 7.54. The largest absolute Gasteiger partial charge is 0.417 e. The molecule has 23 heavy (non-hydrogen) atoms. The second-order valence-corrected chi connectivity index (χ2v) is 5.61. The summed E-state index contributed by atoms with van der Waals surface area (Å²) < 4.78 is 4.96. The van der Waals surface area contributed by atoms with Crippen LogP contribution in [0, 0.1) is 6.92 Å². The van der Waals surface area contributed by atoms with E-state index in [0.717, 1.165) is 16.7 Å². The molecule has 1 amide bonds. The number of H-pyrrole nitrogens is 1. The predicted octanol–water partition coefficient (Wildman–Crippen LogP) is 2.33. The minimum atomic E-state index is -0.455. The molecule has 5 nitrogen and oxygen atoms in total. The maximum absolute atomic E-state index is 12.0. The molecule has 0 fully saturated rings. The Bertz CT molecular complexity index is 892. The Labute approximate surface area is 133 Å². The predicted molar refractivity (Wildman–Crippen MR) is 88.4 cm³/mol. The van der Waals surface area contributed by atoms with Gasteiger partial charge in [-0.15, -0.1) is 0 Å². The zero-order valence-electron chi connectivity index (χ0n) is 12.9. The summed E-state index contributed by atoms with van der Waals surface area (Å²) in [5.74, 6) is -0.447. The topological polar surface area (TPSA) is 75.1 Å². The highest BCUT2D eigenvalue weighted by Gasteiger charge is 2.05. The van der Waals surface area contributed by atoms with Crippen molar-refractivity contribution < 1.29 is 9.21 Å². The van der Waals surface area contributed by atoms with Crippen molar-refractivity contribution in [3.8, 4) is 0 Å². The van der Waals surface area contributed by atoms with Gasteiger partial charge in [0.15, 0.2) is 5.58 Å². The molecule has 3 rings (SSSR count). The van der Waals surface area contributed by atoms with Crippen LogP contribution in [0.25, 0.3) is 11.1 Å². The normalized spacial score (nSPS) is 10.8. The van der Waals surface area contributed by atoms with E-state index in [1.807, 2.05) is 43.3 Å². The van der Waals surface area contributed by atoms with Gasteiger partial charge < -0.3 is 9.73 Å². The van der Waals surface area contributed by atoms with Crippen LogP contribution >= 0.6 is 0 Å². The number of aromatic nitrogens is 1. The fraction of sp³-hybridized carbons (Fsp3) is 0.222. The maximum Gasteiger partial charge on any atom is 0.417 e. The van der Waals surface area contributed by atoms with E-state index in [0.29, 0.717) is 30.5 Å². The van der Waals surface area contributed by atoms with Gasteiger partial charge in [-0.3, -0.25) is 9.78 Å². The fourth-order valence-corrected chi connectivity index (χ4v) is 2.57. The van der Waals surface area contributed by atoms with E-state index in [1.54, 1.807) is 6.07 Å². The molecule has 0 radical (unpaired) electrons. The van der Waals surface area contributed by atoms with E-state index >= 15 is 0 Å². The summed E-state index contributed by atoms with van der Waals surface area (Å²) in [5.41, 5.74) is 4.42. The molecular weight excluding hydrogens is 292 g/mol. The lowest BCUT2D eigenvalue weighted by atomic mass is 10.1. The highest BCUT2D eigenvalue weighted by atomic mass is 16.4. The Morgan fingerprint density at radius 3 is 2.87 bits per heavy atom. The van der Waals surface area contributed by atoms with Crippen LogP contribution in [-0.2, 0) is 17.6 Å². The third-order valence-corrected chi connectivity index (χ3v) is 3.67. The molecule has 3 aromatic rings. The van der Waals surface area contributed by atoms with Crippen molar-refractivity contribution in [2.24, 2.45) is 0 Å². The van der Waals surface area contributed by atoms with Crippen LogP contribution in [0.5, 0.6) is 0 Å². The first-order valence-corrected chi connectivity index (χ1v) is 7.54. The van der Waals surface area contributed by atoms with Crippen molar-refractivity contribution in [1.82, 2.24) is 10.3 Å². The number of carbonyl (C=O) groups excluding carboxylic acids is 1. The molecule has 2 aromatic carbocycles. The fourth-order valence-electron chi connectivity index (χ4n) is 2.57. The summed E-state index contributed by atoms with van der Waals surface area (Å²) in [4.78, 5) is 25.7. The summed E-state index contributed by atoms with van der Waals surface area (Å²) in [6.07, 6.45) is 1.08. The number of hydrogen-bond acceptors (Lipinski definition) is 3. The molecule has 0 unspecified atom stereocenters. The minimum Gasteiger partial charge on any atom is -0.408 e. The van der Waals surface area contributed by atoms with Gasteiger partial charge in [0.1, 0.15) is 0 Å². The molecule has 1 heterocycles. The third kappa shape index (κ3) is 3.88. The molecule has 0 aliphatic rings. The summed E-state index contributed by atoms with van der Waals surface area (Å²) >= 11 is 0. The maximum atomic E-state index is 12.0. The average Bonchev–Trinajstić information content (AvgIpc) is 2.86. The zero-order chi connectivity index (χ0) is 16.2. The molecule has 118 valence electrons. The van der Waals surface area contributed by atoms with E-state index in [1.165, 1.54) is 0 Å². The number of carbonyl (C=O) groups is 1. The van der Waals surface area contributed by atoms with Crippen molar-refractivity contribution in [2.75, 3.05) is 6.54 Å². The van der Waals surface area contributed by atoms with Gasteiger partial charge in [-0.25, -0.2) is 4.79 Å². The lowest BCUT2D eigenvalue weighted by molar-refractivity contribution is -0.120. The third-order valence-electron chi connectivity index (χ3n) is 3.67. The number of nitrogens with one attached hydrogen (secondary N) is 2. The van der Waals surface area contributed by atoms with Crippen molar-refractivity contribution in [3.63, 3.8) is 0 Å². The van der Waals surface area contributed by atoms with Gasteiger partial charge in [0.25, 0.3) is 0 Å². The van der Waals surface area contributed by atoms with Crippen LogP contribution in [0.3, 0.4) is 0 Å². The standard InChI is InChI=1S/C18H18N2O3/c1-12-3-2-4-14(9-12)11-17(21)19-8-7-13-5-6-16-15(10-13)20-18(22)23-16/h2-6,9-10H,7-8,11H2,1H3,(H,19,21)(H,20,22). The number of rotatable bonds is 5. The Morgan fingerprint density at radius 1 is 1.17 bits per heavy atom. The second kappa shape index (κ2) is 6.52. The Morgan fingerprint density at radius 2 is 2.04 bits per heavy atom. The molecule has 2 N–H and O–H groups in total. The van der Waals surface area contributed by atoms with E-state index in [-0.39, 0.29) is 5.91 Å². The van der Waals surface area contributed by atoms with E-state index in [4.69, 9.17) is 4.42 Å². The summed E-state index contributed by atoms with van der Waals surface area (Å²) in [6.45, 7) is 2.57. The summed E-state index contributed by atoms with van der Waals surface area (Å²) in [5, 5.41) is 2.92. The van der Waals surface area contributed by atoms with Crippen molar-refractivity contribution in [3.05, 3.63) is 69.7 Å². The number of oxazole rings is 1. The van der Waals surface area contributed by atoms with E-state index < -0.39 is 5.76 Å².